The molecule has 9 nitrogen and oxygen atoms in total. The van der Waals surface area contributed by atoms with Gasteiger partial charge in [0.1, 0.15) is 12.3 Å². The molecule has 30 heavy (non-hydrogen) atoms. The fourth-order valence-electron chi connectivity index (χ4n) is 2.81. The van der Waals surface area contributed by atoms with E-state index >= 15 is 0 Å². The number of esters is 1. The number of benzene rings is 1. The molecule has 0 unspecified atom stereocenters. The highest BCUT2D eigenvalue weighted by atomic mass is 16.6. The number of rotatable bonds is 15. The van der Waals surface area contributed by atoms with Crippen LogP contribution in [0.3, 0.4) is 0 Å². The van der Waals surface area contributed by atoms with E-state index in [1.807, 2.05) is 6.92 Å². The first kappa shape index (κ1) is 25.1. The molecule has 1 rings (SSSR count). The van der Waals surface area contributed by atoms with Gasteiger partial charge in [0.05, 0.1) is 30.3 Å². The summed E-state index contributed by atoms with van der Waals surface area (Å²) in [4.78, 5) is 46.5. The van der Waals surface area contributed by atoms with E-state index in [1.54, 1.807) is 4.90 Å². The second-order valence-electron chi connectivity index (χ2n) is 6.85. The normalized spacial score (nSPS) is 10.3. The van der Waals surface area contributed by atoms with Crippen molar-refractivity contribution in [2.24, 2.45) is 0 Å². The van der Waals surface area contributed by atoms with Crippen molar-refractivity contribution in [1.29, 1.82) is 0 Å². The van der Waals surface area contributed by atoms with Crippen LogP contribution < -0.4 is 4.74 Å². The van der Waals surface area contributed by atoms with Gasteiger partial charge in [0.25, 0.3) is 5.69 Å². The molecule has 0 radical (unpaired) electrons. The third-order valence-electron chi connectivity index (χ3n) is 4.56. The van der Waals surface area contributed by atoms with E-state index in [0.29, 0.717) is 38.0 Å². The Morgan fingerprint density at radius 1 is 1.17 bits per heavy atom. The number of nitro benzene ring substituents is 1. The maximum absolute atomic E-state index is 12.3. The van der Waals surface area contributed by atoms with Crippen LogP contribution >= 0.6 is 0 Å². The first-order valence-electron chi connectivity index (χ1n) is 10.1. The second-order valence-corrected chi connectivity index (χ2v) is 6.85. The standard InChI is InChI=1S/C21H30N2O7/c1-3-4-12-22(15-21(26)29-2)20(25)9-7-5-6-8-13-30-18-11-10-17(16-24)19(14-18)23(27)28/h10-11,14,16H,3-9,12-13,15H2,1-2H3. The first-order chi connectivity index (χ1) is 14.4. The fraction of sp³-hybridized carbons (Fsp3) is 0.571. The summed E-state index contributed by atoms with van der Waals surface area (Å²) in [5.74, 6) is -0.123. The summed E-state index contributed by atoms with van der Waals surface area (Å²) in [7, 11) is 1.31. The van der Waals surface area contributed by atoms with Crippen molar-refractivity contribution in [2.75, 3.05) is 26.8 Å². The van der Waals surface area contributed by atoms with Gasteiger partial charge in [-0.25, -0.2) is 0 Å². The molecule has 1 amide bonds. The predicted molar refractivity (Wildman–Crippen MR) is 111 cm³/mol. The molecule has 166 valence electrons. The molecule has 0 saturated carbocycles. The number of carbonyl (C=O) groups is 3. The van der Waals surface area contributed by atoms with Gasteiger partial charge in [0.15, 0.2) is 6.29 Å². The average molecular weight is 422 g/mol. The van der Waals surface area contributed by atoms with Crippen LogP contribution in [0, 0.1) is 10.1 Å². The van der Waals surface area contributed by atoms with Crippen molar-refractivity contribution in [2.45, 2.75) is 51.9 Å². The monoisotopic (exact) mass is 422 g/mol. The fourth-order valence-corrected chi connectivity index (χ4v) is 2.81. The quantitative estimate of drug-likeness (QED) is 0.139. The summed E-state index contributed by atoms with van der Waals surface area (Å²) in [5, 5.41) is 11.0. The van der Waals surface area contributed by atoms with E-state index in [0.717, 1.165) is 32.1 Å². The molecular weight excluding hydrogens is 392 g/mol. The molecule has 0 saturated heterocycles. The smallest absolute Gasteiger partial charge is 0.325 e. The maximum atomic E-state index is 12.3. The van der Waals surface area contributed by atoms with Crippen LogP contribution in [-0.2, 0) is 14.3 Å². The van der Waals surface area contributed by atoms with Crippen molar-refractivity contribution >= 4 is 23.9 Å². The van der Waals surface area contributed by atoms with Crippen LogP contribution in [-0.4, -0.2) is 54.8 Å². The van der Waals surface area contributed by atoms with E-state index in [4.69, 9.17) is 4.74 Å². The Morgan fingerprint density at radius 2 is 1.90 bits per heavy atom. The molecule has 0 spiro atoms. The number of carbonyl (C=O) groups excluding carboxylic acids is 3. The summed E-state index contributed by atoms with van der Waals surface area (Å²) in [5.41, 5.74) is -0.266. The molecule has 0 N–H and O–H groups in total. The molecule has 0 aromatic heterocycles. The third-order valence-corrected chi connectivity index (χ3v) is 4.56. The van der Waals surface area contributed by atoms with Crippen molar-refractivity contribution < 1.29 is 28.8 Å². The minimum atomic E-state index is -0.613. The number of ether oxygens (including phenoxy) is 2. The number of nitro groups is 1. The first-order valence-corrected chi connectivity index (χ1v) is 10.1. The summed E-state index contributed by atoms with van der Waals surface area (Å²) in [6.45, 7) is 2.94. The van der Waals surface area contributed by atoms with Crippen molar-refractivity contribution in [3.63, 3.8) is 0 Å². The predicted octanol–water partition coefficient (Wildman–Crippen LogP) is 3.54. The van der Waals surface area contributed by atoms with Gasteiger partial charge in [0, 0.05) is 13.0 Å². The topological polar surface area (TPSA) is 116 Å². The molecule has 0 heterocycles. The van der Waals surface area contributed by atoms with Crippen LogP contribution in [0.25, 0.3) is 0 Å². The van der Waals surface area contributed by atoms with Gasteiger partial charge in [-0.2, -0.15) is 0 Å². The number of hydrogen-bond donors (Lipinski definition) is 0. The number of hydrogen-bond acceptors (Lipinski definition) is 7. The van der Waals surface area contributed by atoms with Crippen LogP contribution in [0.1, 0.15) is 62.2 Å². The van der Waals surface area contributed by atoms with Gasteiger partial charge < -0.3 is 14.4 Å². The van der Waals surface area contributed by atoms with Crippen LogP contribution in [0.5, 0.6) is 5.75 Å². The minimum absolute atomic E-state index is 0.0113. The third kappa shape index (κ3) is 9.02. The lowest BCUT2D eigenvalue weighted by Gasteiger charge is -2.21. The molecule has 1 aromatic carbocycles. The molecule has 9 heteroatoms. The lowest BCUT2D eigenvalue weighted by atomic mass is 10.1. The van der Waals surface area contributed by atoms with Crippen LogP contribution in [0.15, 0.2) is 18.2 Å². The van der Waals surface area contributed by atoms with E-state index < -0.39 is 10.9 Å². The Balaban J connectivity index is 2.31. The Morgan fingerprint density at radius 3 is 2.53 bits per heavy atom. The van der Waals surface area contributed by atoms with Gasteiger partial charge >= 0.3 is 5.97 Å². The lowest BCUT2D eigenvalue weighted by molar-refractivity contribution is -0.385. The Labute approximate surface area is 176 Å². The van der Waals surface area contributed by atoms with E-state index in [9.17, 15) is 24.5 Å². The highest BCUT2D eigenvalue weighted by molar-refractivity contribution is 5.82. The Kier molecular flexibility index (Phi) is 11.8. The Hall–Kier alpha value is -2.97. The summed E-state index contributed by atoms with van der Waals surface area (Å²) >= 11 is 0. The molecule has 0 aliphatic heterocycles. The van der Waals surface area contributed by atoms with Gasteiger partial charge in [-0.15, -0.1) is 0 Å². The van der Waals surface area contributed by atoms with Gasteiger partial charge in [0.2, 0.25) is 5.91 Å². The number of unbranched alkanes of at least 4 members (excludes halogenated alkanes) is 4. The van der Waals surface area contributed by atoms with E-state index in [1.165, 1.54) is 25.3 Å². The van der Waals surface area contributed by atoms with Crippen molar-refractivity contribution in [1.82, 2.24) is 4.90 Å². The summed E-state index contributed by atoms with van der Waals surface area (Å²) in [6, 6.07) is 4.14. The van der Waals surface area contributed by atoms with Crippen LogP contribution in [0.4, 0.5) is 5.69 Å². The Bertz CT molecular complexity index is 721. The molecule has 0 aliphatic rings. The largest absolute Gasteiger partial charge is 0.493 e. The number of aldehydes is 1. The molecule has 0 aliphatic carbocycles. The van der Waals surface area contributed by atoms with E-state index in [-0.39, 0.29) is 23.7 Å². The SMILES string of the molecule is CCCCN(CC(=O)OC)C(=O)CCCCCCOc1ccc(C=O)c([N+](=O)[O-])c1. The summed E-state index contributed by atoms with van der Waals surface area (Å²) < 4.78 is 10.2. The highest BCUT2D eigenvalue weighted by Crippen LogP contribution is 2.23. The average Bonchev–Trinajstić information content (AvgIpc) is 2.75. The molecule has 0 atom stereocenters. The van der Waals surface area contributed by atoms with Gasteiger partial charge in [-0.3, -0.25) is 24.5 Å². The lowest BCUT2D eigenvalue weighted by Crippen LogP contribution is -2.36. The molecular formula is C21H30N2O7. The van der Waals surface area contributed by atoms with Crippen molar-refractivity contribution in [3.05, 3.63) is 33.9 Å². The number of nitrogens with zero attached hydrogens (tertiary/aromatic N) is 2. The van der Waals surface area contributed by atoms with E-state index in [2.05, 4.69) is 4.74 Å². The summed E-state index contributed by atoms with van der Waals surface area (Å²) in [6.07, 6.45) is 5.71. The number of methoxy groups -OCH3 is 1. The molecule has 1 aromatic rings. The molecule has 0 bridgehead atoms. The molecule has 0 fully saturated rings. The zero-order valence-electron chi connectivity index (χ0n) is 17.6. The second kappa shape index (κ2) is 14.1. The zero-order chi connectivity index (χ0) is 22.4. The highest BCUT2D eigenvalue weighted by Gasteiger charge is 2.17. The minimum Gasteiger partial charge on any atom is -0.493 e. The van der Waals surface area contributed by atoms with Crippen molar-refractivity contribution in [3.8, 4) is 5.75 Å². The number of amides is 1. The van der Waals surface area contributed by atoms with Gasteiger partial charge in [-0.05, 0) is 31.4 Å². The maximum Gasteiger partial charge on any atom is 0.325 e. The van der Waals surface area contributed by atoms with Gasteiger partial charge in [-0.1, -0.05) is 26.2 Å². The zero-order valence-corrected chi connectivity index (χ0v) is 17.6. The van der Waals surface area contributed by atoms with Crippen LogP contribution in [0.2, 0.25) is 0 Å².